The van der Waals surface area contributed by atoms with Crippen LogP contribution in [0.25, 0.3) is 22.0 Å². The predicted molar refractivity (Wildman–Crippen MR) is 107 cm³/mol. The Morgan fingerprint density at radius 3 is 2.69 bits per heavy atom. The molecule has 0 amide bonds. The summed E-state index contributed by atoms with van der Waals surface area (Å²) in [7, 11) is 1.91. The summed E-state index contributed by atoms with van der Waals surface area (Å²) < 4.78 is 1.83. The number of pyridine rings is 1. The number of aryl methyl sites for hydroxylation is 1. The van der Waals surface area contributed by atoms with Crippen LogP contribution in [0.1, 0.15) is 55.2 Å². The van der Waals surface area contributed by atoms with Gasteiger partial charge in [-0.05, 0) is 31.0 Å². The van der Waals surface area contributed by atoms with Crippen LogP contribution in [0.3, 0.4) is 0 Å². The van der Waals surface area contributed by atoms with Crippen LogP contribution >= 0.6 is 11.6 Å². The molecule has 0 aliphatic rings. The van der Waals surface area contributed by atoms with Gasteiger partial charge in [-0.25, -0.2) is 4.98 Å². The zero-order valence-corrected chi connectivity index (χ0v) is 16.3. The van der Waals surface area contributed by atoms with Crippen molar-refractivity contribution in [3.63, 3.8) is 0 Å². The van der Waals surface area contributed by atoms with E-state index in [1.54, 1.807) is 0 Å². The fraction of sp³-hybridized carbons (Fsp3) is 0.381. The highest BCUT2D eigenvalue weighted by atomic mass is 35.5. The Morgan fingerprint density at radius 2 is 2.00 bits per heavy atom. The lowest BCUT2D eigenvalue weighted by molar-refractivity contribution is 0.0974. The van der Waals surface area contributed by atoms with Gasteiger partial charge in [0.05, 0.1) is 16.7 Å². The highest BCUT2D eigenvalue weighted by Gasteiger charge is 2.17. The summed E-state index contributed by atoms with van der Waals surface area (Å²) in [5, 5.41) is 5.85. The van der Waals surface area contributed by atoms with Gasteiger partial charge in [0, 0.05) is 30.1 Å². The zero-order chi connectivity index (χ0) is 18.7. The molecule has 0 bridgehead atoms. The molecule has 3 rings (SSSR count). The third-order valence-electron chi connectivity index (χ3n) is 4.86. The lowest BCUT2D eigenvalue weighted by Crippen LogP contribution is -2.04. The molecule has 3 aromatic rings. The molecule has 0 aliphatic carbocycles. The fourth-order valence-corrected chi connectivity index (χ4v) is 3.40. The van der Waals surface area contributed by atoms with E-state index in [1.165, 1.54) is 0 Å². The molecule has 0 saturated heterocycles. The molecule has 0 N–H and O–H groups in total. The van der Waals surface area contributed by atoms with Crippen molar-refractivity contribution < 1.29 is 4.79 Å². The first-order valence-electron chi connectivity index (χ1n) is 9.14. The van der Waals surface area contributed by atoms with Gasteiger partial charge in [0.15, 0.2) is 5.78 Å². The van der Waals surface area contributed by atoms with Crippen molar-refractivity contribution in [1.82, 2.24) is 14.8 Å². The Hall–Kier alpha value is -2.20. The van der Waals surface area contributed by atoms with Crippen LogP contribution < -0.4 is 0 Å². The molecule has 1 aromatic carbocycles. The molecule has 5 heteroatoms. The lowest BCUT2D eigenvalue weighted by atomic mass is 9.98. The van der Waals surface area contributed by atoms with Gasteiger partial charge < -0.3 is 0 Å². The summed E-state index contributed by atoms with van der Waals surface area (Å²) >= 11 is 6.39. The first-order valence-corrected chi connectivity index (χ1v) is 9.52. The standard InChI is InChI=1S/C21H24ClN3O/c1-4-5-6-7-11-20(26)19-12-16(17-13-23-25(3)14(17)2)15-9-8-10-18(22)21(15)24-19/h8-10,12-13H,4-7,11H2,1-3H3. The Balaban J connectivity index is 2.07. The molecule has 136 valence electrons. The molecule has 0 radical (unpaired) electrons. The van der Waals surface area contributed by atoms with Crippen LogP contribution in [0.2, 0.25) is 5.02 Å². The van der Waals surface area contributed by atoms with Crippen LogP contribution in [-0.4, -0.2) is 20.5 Å². The largest absolute Gasteiger partial charge is 0.292 e. The van der Waals surface area contributed by atoms with Crippen LogP contribution in [0.15, 0.2) is 30.5 Å². The number of nitrogens with zero attached hydrogens (tertiary/aromatic N) is 3. The Kier molecular flexibility index (Phi) is 5.72. The Labute approximate surface area is 159 Å². The minimum Gasteiger partial charge on any atom is -0.292 e. The third-order valence-corrected chi connectivity index (χ3v) is 5.16. The summed E-state index contributed by atoms with van der Waals surface area (Å²) in [6, 6.07) is 7.61. The zero-order valence-electron chi connectivity index (χ0n) is 15.6. The summed E-state index contributed by atoms with van der Waals surface area (Å²) in [5.41, 5.74) is 4.16. The van der Waals surface area contributed by atoms with Crippen LogP contribution in [0.4, 0.5) is 0 Å². The highest BCUT2D eigenvalue weighted by Crippen LogP contribution is 2.33. The molecule has 0 fully saturated rings. The summed E-state index contributed by atoms with van der Waals surface area (Å²) in [4.78, 5) is 17.3. The molecule has 26 heavy (non-hydrogen) atoms. The van der Waals surface area contributed by atoms with Gasteiger partial charge >= 0.3 is 0 Å². The molecule has 4 nitrogen and oxygen atoms in total. The average molecular weight is 370 g/mol. The van der Waals surface area contributed by atoms with Crippen molar-refractivity contribution >= 4 is 28.3 Å². The lowest BCUT2D eigenvalue weighted by Gasteiger charge is -2.10. The number of unbranched alkanes of at least 4 members (excludes halogenated alkanes) is 3. The van der Waals surface area contributed by atoms with E-state index in [4.69, 9.17) is 11.6 Å². The second-order valence-electron chi connectivity index (χ2n) is 6.69. The van der Waals surface area contributed by atoms with Crippen molar-refractivity contribution in [2.45, 2.75) is 46.0 Å². The summed E-state index contributed by atoms with van der Waals surface area (Å²) in [6.45, 7) is 4.18. The monoisotopic (exact) mass is 369 g/mol. The number of hydrogen-bond donors (Lipinski definition) is 0. The second-order valence-corrected chi connectivity index (χ2v) is 7.10. The first kappa shape index (κ1) is 18.6. The van der Waals surface area contributed by atoms with E-state index in [0.29, 0.717) is 22.7 Å². The minimum atomic E-state index is 0.0747. The number of benzene rings is 1. The van der Waals surface area contributed by atoms with Crippen LogP contribution in [0.5, 0.6) is 0 Å². The first-order chi connectivity index (χ1) is 12.5. The van der Waals surface area contributed by atoms with Crippen molar-refractivity contribution in [3.05, 3.63) is 46.9 Å². The molecule has 0 unspecified atom stereocenters. The maximum Gasteiger partial charge on any atom is 0.181 e. The number of para-hydroxylation sites is 1. The van der Waals surface area contributed by atoms with Gasteiger partial charge in [-0.1, -0.05) is 49.9 Å². The average Bonchev–Trinajstić information content (AvgIpc) is 2.97. The van der Waals surface area contributed by atoms with Crippen LogP contribution in [0, 0.1) is 6.92 Å². The molecular weight excluding hydrogens is 346 g/mol. The number of hydrogen-bond acceptors (Lipinski definition) is 3. The summed E-state index contributed by atoms with van der Waals surface area (Å²) in [5.74, 6) is 0.0747. The van der Waals surface area contributed by atoms with Crippen molar-refractivity contribution in [2.75, 3.05) is 0 Å². The van der Waals surface area contributed by atoms with Gasteiger partial charge in [-0.3, -0.25) is 9.48 Å². The van der Waals surface area contributed by atoms with Gasteiger partial charge in [0.25, 0.3) is 0 Å². The van der Waals surface area contributed by atoms with Crippen molar-refractivity contribution in [1.29, 1.82) is 0 Å². The fourth-order valence-electron chi connectivity index (χ4n) is 3.18. The van der Waals surface area contributed by atoms with E-state index >= 15 is 0 Å². The van der Waals surface area contributed by atoms with E-state index in [2.05, 4.69) is 17.0 Å². The van der Waals surface area contributed by atoms with Crippen molar-refractivity contribution in [3.8, 4) is 11.1 Å². The quantitative estimate of drug-likeness (QED) is 0.393. The van der Waals surface area contributed by atoms with E-state index in [0.717, 1.165) is 47.9 Å². The van der Waals surface area contributed by atoms with Gasteiger partial charge in [0.2, 0.25) is 0 Å². The number of carbonyl (C=O) groups excluding carboxylic acids is 1. The smallest absolute Gasteiger partial charge is 0.181 e. The molecule has 0 spiro atoms. The molecular formula is C21H24ClN3O. The normalized spacial score (nSPS) is 11.2. The Morgan fingerprint density at radius 1 is 1.19 bits per heavy atom. The number of fused-ring (bicyclic) bond motifs is 1. The molecule has 0 saturated carbocycles. The number of Topliss-reactive ketones (excluding diaryl/α,β-unsaturated/α-hetero) is 1. The van der Waals surface area contributed by atoms with Crippen molar-refractivity contribution in [2.24, 2.45) is 7.05 Å². The topological polar surface area (TPSA) is 47.8 Å². The number of aromatic nitrogens is 3. The highest BCUT2D eigenvalue weighted by molar-refractivity contribution is 6.35. The molecule has 0 aliphatic heterocycles. The summed E-state index contributed by atoms with van der Waals surface area (Å²) in [6.07, 6.45) is 6.64. The van der Waals surface area contributed by atoms with E-state index in [1.807, 2.05) is 49.1 Å². The molecule has 0 atom stereocenters. The molecule has 2 heterocycles. The SMILES string of the molecule is CCCCCCC(=O)c1cc(-c2cnn(C)c2C)c2cccc(Cl)c2n1. The number of rotatable bonds is 7. The van der Waals surface area contributed by atoms with E-state index in [9.17, 15) is 4.79 Å². The maximum absolute atomic E-state index is 12.7. The van der Waals surface area contributed by atoms with Gasteiger partial charge in [0.1, 0.15) is 5.69 Å². The number of carbonyl (C=O) groups is 1. The predicted octanol–water partition coefficient (Wildman–Crippen LogP) is 5.75. The van der Waals surface area contributed by atoms with Crippen LogP contribution in [-0.2, 0) is 7.05 Å². The Bertz CT molecular complexity index is 946. The van der Waals surface area contributed by atoms with Gasteiger partial charge in [-0.2, -0.15) is 5.10 Å². The van der Waals surface area contributed by atoms with E-state index < -0.39 is 0 Å². The van der Waals surface area contributed by atoms with Gasteiger partial charge in [-0.15, -0.1) is 0 Å². The third kappa shape index (κ3) is 3.65. The number of halogens is 1. The van der Waals surface area contributed by atoms with E-state index in [-0.39, 0.29) is 5.78 Å². The number of ketones is 1. The maximum atomic E-state index is 12.7. The molecule has 2 aromatic heterocycles. The minimum absolute atomic E-state index is 0.0747. The second kappa shape index (κ2) is 8.00.